The second-order valence-corrected chi connectivity index (χ2v) is 5.57. The van der Waals surface area contributed by atoms with E-state index in [0.29, 0.717) is 32.7 Å². The van der Waals surface area contributed by atoms with Gasteiger partial charge in [0.05, 0.1) is 6.26 Å². The van der Waals surface area contributed by atoms with Gasteiger partial charge in [-0.25, -0.2) is 0 Å². The Morgan fingerprint density at radius 1 is 1.50 bits per heavy atom. The Labute approximate surface area is 119 Å². The number of rotatable bonds is 9. The highest BCUT2D eigenvalue weighted by atomic mass is 16.5. The molecule has 5 nitrogen and oxygen atoms in total. The van der Waals surface area contributed by atoms with Gasteiger partial charge in [-0.05, 0) is 43.4 Å². The molecule has 5 heteroatoms. The highest BCUT2D eigenvalue weighted by molar-refractivity contribution is 5.76. The fourth-order valence-corrected chi connectivity index (χ4v) is 2.50. The molecule has 0 spiro atoms. The quantitative estimate of drug-likeness (QED) is 0.676. The lowest BCUT2D eigenvalue weighted by Gasteiger charge is -2.40. The third kappa shape index (κ3) is 4.35. The van der Waals surface area contributed by atoms with Crippen molar-refractivity contribution in [2.45, 2.75) is 38.7 Å². The minimum atomic E-state index is 0.0832. The predicted octanol–water partition coefficient (Wildman–Crippen LogP) is 1.82. The van der Waals surface area contributed by atoms with E-state index in [1.165, 1.54) is 6.42 Å². The minimum absolute atomic E-state index is 0.0832. The third-order valence-electron chi connectivity index (χ3n) is 3.99. The van der Waals surface area contributed by atoms with Crippen LogP contribution >= 0.6 is 0 Å². The van der Waals surface area contributed by atoms with Crippen molar-refractivity contribution in [2.75, 3.05) is 19.7 Å². The number of nitrogens with two attached hydrogens (primary N) is 1. The zero-order valence-electron chi connectivity index (χ0n) is 11.9. The molecule has 1 aromatic rings. The summed E-state index contributed by atoms with van der Waals surface area (Å²) < 4.78 is 10.6. The molecule has 0 aromatic carbocycles. The number of hydrogen-bond donors (Lipinski definition) is 2. The van der Waals surface area contributed by atoms with Crippen molar-refractivity contribution in [1.29, 1.82) is 0 Å². The molecule has 0 saturated heterocycles. The van der Waals surface area contributed by atoms with E-state index in [1.54, 1.807) is 6.26 Å². The smallest absolute Gasteiger partial charge is 0.220 e. The van der Waals surface area contributed by atoms with Crippen LogP contribution in [-0.4, -0.2) is 25.6 Å². The summed E-state index contributed by atoms with van der Waals surface area (Å²) in [6, 6.07) is 3.72. The summed E-state index contributed by atoms with van der Waals surface area (Å²) in [6.07, 6.45) is 6.38. The number of ether oxygens (including phenoxy) is 1. The second-order valence-electron chi connectivity index (χ2n) is 5.57. The molecule has 0 unspecified atom stereocenters. The highest BCUT2D eigenvalue weighted by Crippen LogP contribution is 2.42. The molecule has 0 atom stereocenters. The van der Waals surface area contributed by atoms with E-state index in [2.05, 4.69) is 5.32 Å². The van der Waals surface area contributed by atoms with E-state index in [0.717, 1.165) is 25.0 Å². The maximum absolute atomic E-state index is 11.8. The van der Waals surface area contributed by atoms with Gasteiger partial charge in [-0.1, -0.05) is 6.42 Å². The van der Waals surface area contributed by atoms with Crippen molar-refractivity contribution in [3.8, 4) is 0 Å². The predicted molar refractivity (Wildman–Crippen MR) is 75.9 cm³/mol. The van der Waals surface area contributed by atoms with Gasteiger partial charge in [-0.3, -0.25) is 4.79 Å². The molecule has 1 aliphatic rings. The van der Waals surface area contributed by atoms with Gasteiger partial charge in [0.2, 0.25) is 5.91 Å². The molecular formula is C15H24N2O3. The molecule has 1 aliphatic carbocycles. The topological polar surface area (TPSA) is 77.5 Å². The maximum atomic E-state index is 11.8. The van der Waals surface area contributed by atoms with Crippen LogP contribution in [0.15, 0.2) is 22.8 Å². The van der Waals surface area contributed by atoms with E-state index in [9.17, 15) is 4.79 Å². The highest BCUT2D eigenvalue weighted by Gasteiger charge is 2.37. The average Bonchev–Trinajstić information content (AvgIpc) is 2.91. The van der Waals surface area contributed by atoms with Crippen molar-refractivity contribution in [1.82, 2.24) is 5.32 Å². The molecule has 1 saturated carbocycles. The van der Waals surface area contributed by atoms with Gasteiger partial charge >= 0.3 is 0 Å². The first-order chi connectivity index (χ1) is 9.74. The number of nitrogens with one attached hydrogen (secondary N) is 1. The number of carbonyl (C=O) groups excluding carboxylic acids is 1. The maximum Gasteiger partial charge on any atom is 0.220 e. The van der Waals surface area contributed by atoms with E-state index in [1.807, 2.05) is 12.1 Å². The molecule has 0 aliphatic heterocycles. The van der Waals surface area contributed by atoms with Crippen LogP contribution in [0.25, 0.3) is 0 Å². The van der Waals surface area contributed by atoms with Crippen LogP contribution in [0.2, 0.25) is 0 Å². The standard InChI is InChI=1S/C15H24N2O3/c16-12-15(5-2-6-15)10-14(18)17-7-3-8-19-11-13-4-1-9-20-13/h1,4,9H,2-3,5-8,10-12,16H2,(H,17,18). The van der Waals surface area contributed by atoms with Crippen LogP contribution in [0.5, 0.6) is 0 Å². The first kappa shape index (κ1) is 15.1. The number of furan rings is 1. The van der Waals surface area contributed by atoms with Crippen molar-refractivity contribution >= 4 is 5.91 Å². The molecular weight excluding hydrogens is 256 g/mol. The Hall–Kier alpha value is -1.33. The number of amides is 1. The van der Waals surface area contributed by atoms with Gasteiger partial charge < -0.3 is 20.2 Å². The average molecular weight is 280 g/mol. The number of hydrogen-bond acceptors (Lipinski definition) is 4. The fraction of sp³-hybridized carbons (Fsp3) is 0.667. The monoisotopic (exact) mass is 280 g/mol. The van der Waals surface area contributed by atoms with Gasteiger partial charge in [-0.15, -0.1) is 0 Å². The molecule has 112 valence electrons. The van der Waals surface area contributed by atoms with Crippen LogP contribution in [0.1, 0.15) is 37.9 Å². The molecule has 0 radical (unpaired) electrons. The summed E-state index contributed by atoms with van der Waals surface area (Å²) in [6.45, 7) is 2.37. The van der Waals surface area contributed by atoms with Crippen LogP contribution < -0.4 is 11.1 Å². The summed E-state index contributed by atoms with van der Waals surface area (Å²) in [4.78, 5) is 11.8. The summed E-state index contributed by atoms with van der Waals surface area (Å²) in [5, 5.41) is 2.94. The molecule has 0 bridgehead atoms. The van der Waals surface area contributed by atoms with Gasteiger partial charge in [0.25, 0.3) is 0 Å². The first-order valence-electron chi connectivity index (χ1n) is 7.31. The van der Waals surface area contributed by atoms with Gasteiger partial charge in [0.1, 0.15) is 12.4 Å². The lowest BCUT2D eigenvalue weighted by atomic mass is 9.66. The first-order valence-corrected chi connectivity index (χ1v) is 7.31. The Kier molecular flexibility index (Phi) is 5.61. The SMILES string of the molecule is NCC1(CC(=O)NCCCOCc2ccco2)CCC1. The van der Waals surface area contributed by atoms with E-state index >= 15 is 0 Å². The van der Waals surface area contributed by atoms with Crippen molar-refractivity contribution in [3.05, 3.63) is 24.2 Å². The summed E-state index contributed by atoms with van der Waals surface area (Å²) >= 11 is 0. The molecule has 3 N–H and O–H groups in total. The van der Waals surface area contributed by atoms with E-state index in [-0.39, 0.29) is 11.3 Å². The zero-order chi connectivity index (χ0) is 14.3. The van der Waals surface area contributed by atoms with Crippen molar-refractivity contribution < 1.29 is 13.9 Å². The lowest BCUT2D eigenvalue weighted by molar-refractivity contribution is -0.124. The van der Waals surface area contributed by atoms with Gasteiger partial charge in [0, 0.05) is 19.6 Å². The minimum Gasteiger partial charge on any atom is -0.467 e. The van der Waals surface area contributed by atoms with Crippen LogP contribution in [0, 0.1) is 5.41 Å². The van der Waals surface area contributed by atoms with Crippen LogP contribution in [0.3, 0.4) is 0 Å². The Morgan fingerprint density at radius 2 is 2.35 bits per heavy atom. The largest absolute Gasteiger partial charge is 0.467 e. The van der Waals surface area contributed by atoms with Gasteiger partial charge in [-0.2, -0.15) is 0 Å². The van der Waals surface area contributed by atoms with Crippen molar-refractivity contribution in [2.24, 2.45) is 11.1 Å². The molecule has 1 amide bonds. The lowest BCUT2D eigenvalue weighted by Crippen LogP contribution is -2.42. The molecule has 20 heavy (non-hydrogen) atoms. The molecule has 1 fully saturated rings. The third-order valence-corrected chi connectivity index (χ3v) is 3.99. The van der Waals surface area contributed by atoms with Crippen LogP contribution in [-0.2, 0) is 16.1 Å². The van der Waals surface area contributed by atoms with Crippen molar-refractivity contribution in [3.63, 3.8) is 0 Å². The molecule has 1 heterocycles. The summed E-state index contributed by atoms with van der Waals surface area (Å²) in [5.74, 6) is 0.935. The fourth-order valence-electron chi connectivity index (χ4n) is 2.50. The van der Waals surface area contributed by atoms with E-state index < -0.39 is 0 Å². The second kappa shape index (κ2) is 7.45. The summed E-state index contributed by atoms with van der Waals surface area (Å²) in [7, 11) is 0. The van der Waals surface area contributed by atoms with Gasteiger partial charge in [0.15, 0.2) is 0 Å². The Morgan fingerprint density at radius 3 is 2.95 bits per heavy atom. The normalized spacial score (nSPS) is 16.6. The molecule has 2 rings (SSSR count). The zero-order valence-corrected chi connectivity index (χ0v) is 11.9. The van der Waals surface area contributed by atoms with Crippen LogP contribution in [0.4, 0.5) is 0 Å². The molecule has 1 aromatic heterocycles. The Bertz CT molecular complexity index is 394. The number of carbonyl (C=O) groups is 1. The Balaban J connectivity index is 1.49. The summed E-state index contributed by atoms with van der Waals surface area (Å²) in [5.41, 5.74) is 5.83. The van der Waals surface area contributed by atoms with E-state index in [4.69, 9.17) is 14.9 Å².